The highest BCUT2D eigenvalue weighted by Crippen LogP contribution is 2.66. The molecule has 4 aliphatic rings. The summed E-state index contributed by atoms with van der Waals surface area (Å²) in [5, 5.41) is 30.8. The molecule has 22 heavy (non-hydrogen) atoms. The normalized spacial score (nSPS) is 61.2. The van der Waals surface area contributed by atoms with E-state index in [4.69, 9.17) is 0 Å². The van der Waals surface area contributed by atoms with Gasteiger partial charge in [0.15, 0.2) is 0 Å². The molecular formula is C19H32O3. The molecule has 3 nitrogen and oxygen atoms in total. The third-order valence-electron chi connectivity index (χ3n) is 8.61. The molecule has 126 valence electrons. The predicted molar refractivity (Wildman–Crippen MR) is 85.1 cm³/mol. The topological polar surface area (TPSA) is 60.7 Å². The molecule has 0 bridgehead atoms. The Morgan fingerprint density at radius 1 is 0.773 bits per heavy atom. The molecule has 0 aromatic carbocycles. The van der Waals surface area contributed by atoms with Crippen molar-refractivity contribution < 1.29 is 15.3 Å². The van der Waals surface area contributed by atoms with Crippen molar-refractivity contribution in [3.05, 3.63) is 0 Å². The van der Waals surface area contributed by atoms with E-state index in [-0.39, 0.29) is 11.5 Å². The summed E-state index contributed by atoms with van der Waals surface area (Å²) in [4.78, 5) is 0. The van der Waals surface area contributed by atoms with Gasteiger partial charge in [-0.25, -0.2) is 0 Å². The second-order valence-electron chi connectivity index (χ2n) is 9.38. The van der Waals surface area contributed by atoms with Gasteiger partial charge in [0.1, 0.15) is 0 Å². The van der Waals surface area contributed by atoms with Crippen LogP contribution in [0.25, 0.3) is 0 Å². The molecule has 0 aromatic rings. The van der Waals surface area contributed by atoms with Crippen LogP contribution in [0.3, 0.4) is 0 Å². The SMILES string of the molecule is C[C@]12CC[C@H](O)C[C@H]1CC[C@@H]1[C@@H]2CC[C@]2(C)[C@@H](O)[C@H](O)C[C@@H]12. The Balaban J connectivity index is 1.63. The fourth-order valence-corrected chi connectivity index (χ4v) is 7.22. The quantitative estimate of drug-likeness (QED) is 0.645. The third-order valence-corrected chi connectivity index (χ3v) is 8.61. The van der Waals surface area contributed by atoms with E-state index in [9.17, 15) is 15.3 Å². The molecule has 0 spiro atoms. The summed E-state index contributed by atoms with van der Waals surface area (Å²) in [7, 11) is 0. The van der Waals surface area contributed by atoms with E-state index in [1.54, 1.807) is 0 Å². The zero-order chi connectivity index (χ0) is 15.7. The van der Waals surface area contributed by atoms with Gasteiger partial charge in [-0.15, -0.1) is 0 Å². The van der Waals surface area contributed by atoms with Crippen molar-refractivity contribution in [1.29, 1.82) is 0 Å². The second-order valence-corrected chi connectivity index (χ2v) is 9.38. The summed E-state index contributed by atoms with van der Waals surface area (Å²) < 4.78 is 0. The van der Waals surface area contributed by atoms with Gasteiger partial charge in [-0.3, -0.25) is 0 Å². The lowest BCUT2D eigenvalue weighted by atomic mass is 9.45. The van der Waals surface area contributed by atoms with E-state index in [1.807, 2.05) is 0 Å². The Bertz CT molecular complexity index is 452. The fraction of sp³-hybridized carbons (Fsp3) is 1.00. The maximum absolute atomic E-state index is 10.5. The molecule has 3 N–H and O–H groups in total. The average molecular weight is 308 g/mol. The van der Waals surface area contributed by atoms with Crippen molar-refractivity contribution in [1.82, 2.24) is 0 Å². The van der Waals surface area contributed by atoms with Crippen LogP contribution < -0.4 is 0 Å². The minimum atomic E-state index is -0.530. The Hall–Kier alpha value is -0.120. The molecule has 4 fully saturated rings. The first-order valence-corrected chi connectivity index (χ1v) is 9.40. The molecule has 3 heteroatoms. The van der Waals surface area contributed by atoms with Crippen molar-refractivity contribution in [2.45, 2.75) is 83.5 Å². The highest BCUT2D eigenvalue weighted by molar-refractivity contribution is 5.11. The van der Waals surface area contributed by atoms with Crippen molar-refractivity contribution in [3.8, 4) is 0 Å². The molecule has 0 heterocycles. The smallest absolute Gasteiger partial charge is 0.0855 e. The molecule has 0 amide bonds. The number of hydrogen-bond donors (Lipinski definition) is 3. The highest BCUT2D eigenvalue weighted by Gasteiger charge is 2.61. The molecule has 0 unspecified atom stereocenters. The fourth-order valence-electron chi connectivity index (χ4n) is 7.22. The van der Waals surface area contributed by atoms with Gasteiger partial charge < -0.3 is 15.3 Å². The standard InChI is InChI=1S/C19H32O3/c1-18-7-5-12(20)9-11(18)3-4-13-14(18)6-8-19(2)15(13)10-16(21)17(19)22/h11-17,20-22H,3-10H2,1-2H3/t11-,12+,13-,14+,15+,16-,17+,18+,19+/m1/s1. The van der Waals surface area contributed by atoms with Crippen molar-refractivity contribution in [2.75, 3.05) is 0 Å². The van der Waals surface area contributed by atoms with Crippen LogP contribution in [0.5, 0.6) is 0 Å². The van der Waals surface area contributed by atoms with Crippen LogP contribution in [-0.4, -0.2) is 33.6 Å². The monoisotopic (exact) mass is 308 g/mol. The van der Waals surface area contributed by atoms with Gasteiger partial charge in [0.25, 0.3) is 0 Å². The zero-order valence-electron chi connectivity index (χ0n) is 14.0. The van der Waals surface area contributed by atoms with Crippen LogP contribution >= 0.6 is 0 Å². The number of aliphatic hydroxyl groups is 3. The first-order valence-electron chi connectivity index (χ1n) is 9.40. The zero-order valence-corrected chi connectivity index (χ0v) is 14.0. The minimum Gasteiger partial charge on any atom is -0.393 e. The predicted octanol–water partition coefficient (Wildman–Crippen LogP) is 2.72. The molecular weight excluding hydrogens is 276 g/mol. The maximum Gasteiger partial charge on any atom is 0.0855 e. The number of aliphatic hydroxyl groups excluding tert-OH is 3. The summed E-state index contributed by atoms with van der Waals surface area (Å²) in [5.74, 6) is 2.57. The lowest BCUT2D eigenvalue weighted by Crippen LogP contribution is -2.54. The molecule has 0 aromatic heterocycles. The van der Waals surface area contributed by atoms with Gasteiger partial charge in [-0.05, 0) is 85.9 Å². The highest BCUT2D eigenvalue weighted by atomic mass is 16.3. The van der Waals surface area contributed by atoms with Gasteiger partial charge in [0.2, 0.25) is 0 Å². The van der Waals surface area contributed by atoms with Gasteiger partial charge in [-0.1, -0.05) is 13.8 Å². The minimum absolute atomic E-state index is 0.0715. The molecule has 4 rings (SSSR count). The van der Waals surface area contributed by atoms with Gasteiger partial charge in [-0.2, -0.15) is 0 Å². The summed E-state index contributed by atoms with van der Waals surface area (Å²) in [6.07, 6.45) is 7.49. The average Bonchev–Trinajstić information content (AvgIpc) is 2.72. The molecule has 9 atom stereocenters. The maximum atomic E-state index is 10.5. The molecule has 0 radical (unpaired) electrons. The largest absolute Gasteiger partial charge is 0.393 e. The van der Waals surface area contributed by atoms with Crippen molar-refractivity contribution >= 4 is 0 Å². The Kier molecular flexibility index (Phi) is 3.46. The van der Waals surface area contributed by atoms with Crippen LogP contribution in [0.2, 0.25) is 0 Å². The van der Waals surface area contributed by atoms with Crippen LogP contribution in [0, 0.1) is 34.5 Å². The molecule has 0 aliphatic heterocycles. The lowest BCUT2D eigenvalue weighted by Gasteiger charge is -2.60. The van der Waals surface area contributed by atoms with Gasteiger partial charge >= 0.3 is 0 Å². The molecule has 0 saturated heterocycles. The Labute approximate surface area is 134 Å². The van der Waals surface area contributed by atoms with Gasteiger partial charge in [0.05, 0.1) is 18.3 Å². The first kappa shape index (κ1) is 15.4. The van der Waals surface area contributed by atoms with E-state index < -0.39 is 12.2 Å². The van der Waals surface area contributed by atoms with Crippen LogP contribution in [0.15, 0.2) is 0 Å². The van der Waals surface area contributed by atoms with E-state index >= 15 is 0 Å². The summed E-state index contributed by atoms with van der Waals surface area (Å²) in [5.41, 5.74) is 0.305. The summed E-state index contributed by atoms with van der Waals surface area (Å²) in [6, 6.07) is 0. The van der Waals surface area contributed by atoms with Crippen molar-refractivity contribution in [2.24, 2.45) is 34.5 Å². The molecule has 4 aliphatic carbocycles. The van der Waals surface area contributed by atoms with Gasteiger partial charge in [0, 0.05) is 0 Å². The van der Waals surface area contributed by atoms with E-state index in [2.05, 4.69) is 13.8 Å². The summed E-state index contributed by atoms with van der Waals surface area (Å²) >= 11 is 0. The van der Waals surface area contributed by atoms with Crippen LogP contribution in [-0.2, 0) is 0 Å². The van der Waals surface area contributed by atoms with E-state index in [0.717, 1.165) is 38.0 Å². The van der Waals surface area contributed by atoms with E-state index in [1.165, 1.54) is 19.3 Å². The van der Waals surface area contributed by atoms with E-state index in [0.29, 0.717) is 23.2 Å². The Morgan fingerprint density at radius 2 is 1.50 bits per heavy atom. The van der Waals surface area contributed by atoms with Crippen LogP contribution in [0.1, 0.15) is 65.2 Å². The lowest BCUT2D eigenvalue weighted by molar-refractivity contribution is -0.135. The molecule has 4 saturated carbocycles. The number of hydrogen-bond acceptors (Lipinski definition) is 3. The first-order chi connectivity index (χ1) is 10.4. The number of fused-ring (bicyclic) bond motifs is 5. The summed E-state index contributed by atoms with van der Waals surface area (Å²) in [6.45, 7) is 4.69. The third kappa shape index (κ3) is 1.91. The second kappa shape index (κ2) is 4.94. The van der Waals surface area contributed by atoms with Crippen molar-refractivity contribution in [3.63, 3.8) is 0 Å². The number of rotatable bonds is 0. The Morgan fingerprint density at radius 3 is 2.27 bits per heavy atom. The van der Waals surface area contributed by atoms with Crippen LogP contribution in [0.4, 0.5) is 0 Å².